The van der Waals surface area contributed by atoms with Crippen LogP contribution < -0.4 is 10.9 Å². The molecule has 1 aromatic heterocycles. The second kappa shape index (κ2) is 14.3. The number of benzene rings is 2. The highest BCUT2D eigenvalue weighted by atomic mass is 35.5. The number of carboxylic acid groups (broad SMARTS) is 1. The molecule has 7 nitrogen and oxygen atoms in total. The fraction of sp³-hybridized carbons (Fsp3) is 0.406. The highest BCUT2D eigenvalue weighted by Gasteiger charge is 2.30. The van der Waals surface area contributed by atoms with E-state index in [9.17, 15) is 32.7 Å². The third kappa shape index (κ3) is 8.25. The van der Waals surface area contributed by atoms with Crippen molar-refractivity contribution in [3.8, 4) is 11.1 Å². The first kappa shape index (κ1) is 34.5. The number of amides is 1. The Bertz CT molecular complexity index is 1640. The summed E-state index contributed by atoms with van der Waals surface area (Å²) < 4.78 is 58.5. The number of likely N-dealkylation sites (tertiary alicyclic amines) is 1. The molecule has 0 aliphatic carbocycles. The summed E-state index contributed by atoms with van der Waals surface area (Å²) in [6.45, 7) is 5.97. The first-order chi connectivity index (χ1) is 21.1. The Morgan fingerprint density at radius 2 is 1.71 bits per heavy atom. The van der Waals surface area contributed by atoms with Crippen molar-refractivity contribution >= 4 is 35.1 Å². The van der Waals surface area contributed by atoms with Gasteiger partial charge in [0.1, 0.15) is 23.8 Å². The van der Waals surface area contributed by atoms with E-state index in [1.807, 2.05) is 4.90 Å². The van der Waals surface area contributed by atoms with E-state index < -0.39 is 59.6 Å². The van der Waals surface area contributed by atoms with Gasteiger partial charge in [-0.15, -0.1) is 0 Å². The monoisotopic (exact) mass is 669 g/mol. The van der Waals surface area contributed by atoms with Gasteiger partial charge in [-0.1, -0.05) is 37.0 Å². The molecule has 1 aliphatic rings. The molecule has 2 N–H and O–H groups in total. The number of aromatic nitrogens is 1. The lowest BCUT2D eigenvalue weighted by Gasteiger charge is -2.34. The van der Waals surface area contributed by atoms with Crippen LogP contribution in [0.3, 0.4) is 0 Å². The lowest BCUT2D eigenvalue weighted by atomic mass is 9.93. The van der Waals surface area contributed by atoms with Gasteiger partial charge in [-0.05, 0) is 72.7 Å². The number of nitrogens with zero attached hydrogens (tertiary/aromatic N) is 2. The predicted octanol–water partition coefficient (Wildman–Crippen LogP) is 6.66. The number of rotatable bonds is 12. The van der Waals surface area contributed by atoms with Crippen molar-refractivity contribution in [2.75, 3.05) is 19.6 Å². The average molecular weight is 671 g/mol. The summed E-state index contributed by atoms with van der Waals surface area (Å²) in [5.41, 5.74) is -0.314. The number of hydrogen-bond acceptors (Lipinski definition) is 4. The molecular formula is C32H33Cl2F4N3O4. The second-order valence-corrected chi connectivity index (χ2v) is 12.6. The first-order valence-corrected chi connectivity index (χ1v) is 15.1. The van der Waals surface area contributed by atoms with Crippen molar-refractivity contribution in [2.45, 2.75) is 58.3 Å². The largest absolute Gasteiger partial charge is 0.481 e. The number of nitrogens with one attached hydrogen (secondary N) is 1. The molecule has 3 aromatic rings. The van der Waals surface area contributed by atoms with Crippen LogP contribution in [0.1, 0.15) is 55.5 Å². The molecule has 45 heavy (non-hydrogen) atoms. The van der Waals surface area contributed by atoms with Crippen LogP contribution >= 0.6 is 23.2 Å². The van der Waals surface area contributed by atoms with E-state index in [-0.39, 0.29) is 57.7 Å². The summed E-state index contributed by atoms with van der Waals surface area (Å²) in [5, 5.41) is 12.1. The van der Waals surface area contributed by atoms with E-state index in [0.29, 0.717) is 18.5 Å². The zero-order chi connectivity index (χ0) is 33.2. The maximum absolute atomic E-state index is 15.6. The average Bonchev–Trinajstić information content (AvgIpc) is 2.91. The number of hydrogen-bond donors (Lipinski definition) is 2. The highest BCUT2D eigenvalue weighted by Crippen LogP contribution is 2.38. The van der Waals surface area contributed by atoms with Crippen LogP contribution in [0.2, 0.25) is 10.0 Å². The standard InChI is InChI=1S/C32H33Cl2F4N3O4/c1-16(2)6-27(41-13-18(8-25(37)32(41)45)4-5-40-14-21(36)15-40)31(44)39-26(12-28(42)43)22-9-19(7-17(3)30(22)38)29-23(33)10-20(35)11-24(29)34/h7-11,13,16,21,26-27H,4-6,12,14-15H2,1-3H3,(H,39,44)(H,42,43)/t26-,27?/m0/s1. The van der Waals surface area contributed by atoms with E-state index in [2.05, 4.69) is 5.32 Å². The molecule has 0 spiro atoms. The van der Waals surface area contributed by atoms with Crippen LogP contribution in [0.15, 0.2) is 41.3 Å². The van der Waals surface area contributed by atoms with Crippen molar-refractivity contribution in [1.29, 1.82) is 0 Å². The van der Waals surface area contributed by atoms with Crippen LogP contribution in [0.5, 0.6) is 0 Å². The molecule has 2 atom stereocenters. The molecule has 0 radical (unpaired) electrons. The Labute approximate surface area is 267 Å². The molecule has 1 amide bonds. The molecule has 2 heterocycles. The molecule has 1 unspecified atom stereocenters. The van der Waals surface area contributed by atoms with Gasteiger partial charge in [0.05, 0.1) is 22.5 Å². The number of halogens is 6. The smallest absolute Gasteiger partial charge is 0.305 e. The summed E-state index contributed by atoms with van der Waals surface area (Å²) >= 11 is 12.5. The molecule has 1 fully saturated rings. The van der Waals surface area contributed by atoms with Crippen LogP contribution in [-0.4, -0.2) is 52.3 Å². The van der Waals surface area contributed by atoms with Gasteiger partial charge in [-0.3, -0.25) is 19.3 Å². The van der Waals surface area contributed by atoms with Crippen molar-refractivity contribution in [3.63, 3.8) is 0 Å². The third-order valence-corrected chi connectivity index (χ3v) is 8.26. The lowest BCUT2D eigenvalue weighted by Crippen LogP contribution is -2.49. The molecule has 4 rings (SSSR count). The summed E-state index contributed by atoms with van der Waals surface area (Å²) in [4.78, 5) is 40.5. The van der Waals surface area contributed by atoms with E-state index in [4.69, 9.17) is 23.2 Å². The SMILES string of the molecule is Cc1cc(-c2c(Cl)cc(F)cc2Cl)cc([C@H](CC(=O)O)NC(=O)C(CC(C)C)n2cc(CCN3CC(F)C3)cc(F)c2=O)c1F. The van der Waals surface area contributed by atoms with Crippen molar-refractivity contribution in [1.82, 2.24) is 14.8 Å². The summed E-state index contributed by atoms with van der Waals surface area (Å²) in [6, 6.07) is 3.13. The van der Waals surface area contributed by atoms with Crippen LogP contribution in [0.25, 0.3) is 11.1 Å². The van der Waals surface area contributed by atoms with Crippen LogP contribution in [-0.2, 0) is 16.0 Å². The fourth-order valence-electron chi connectivity index (χ4n) is 5.45. The number of aryl methyl sites for hydroxylation is 1. The van der Waals surface area contributed by atoms with Gasteiger partial charge < -0.3 is 15.0 Å². The fourth-order valence-corrected chi connectivity index (χ4v) is 6.13. The molecule has 0 saturated carbocycles. The van der Waals surface area contributed by atoms with Gasteiger partial charge in [0.25, 0.3) is 5.56 Å². The Morgan fingerprint density at radius 1 is 1.07 bits per heavy atom. The van der Waals surface area contributed by atoms with Crippen molar-refractivity contribution < 1.29 is 32.3 Å². The summed E-state index contributed by atoms with van der Waals surface area (Å²) in [6.07, 6.45) is 0.104. The quantitative estimate of drug-likeness (QED) is 0.210. The Balaban J connectivity index is 1.72. The van der Waals surface area contributed by atoms with E-state index >= 15 is 4.39 Å². The van der Waals surface area contributed by atoms with E-state index in [1.54, 1.807) is 13.8 Å². The number of carboxylic acids is 1. The minimum atomic E-state index is -1.43. The molecule has 1 aliphatic heterocycles. The highest BCUT2D eigenvalue weighted by molar-refractivity contribution is 6.39. The van der Waals surface area contributed by atoms with Gasteiger partial charge in [0.15, 0.2) is 5.82 Å². The lowest BCUT2D eigenvalue weighted by molar-refractivity contribution is -0.138. The number of pyridine rings is 1. The molecule has 2 aromatic carbocycles. The Morgan fingerprint density at radius 3 is 2.29 bits per heavy atom. The maximum Gasteiger partial charge on any atom is 0.305 e. The number of carbonyl (C=O) groups is 2. The third-order valence-electron chi connectivity index (χ3n) is 7.67. The maximum atomic E-state index is 15.6. The minimum absolute atomic E-state index is 0.0623. The van der Waals surface area contributed by atoms with Crippen molar-refractivity contribution in [3.05, 3.63) is 91.1 Å². The zero-order valence-electron chi connectivity index (χ0n) is 24.9. The normalized spacial score (nSPS) is 15.2. The van der Waals surface area contributed by atoms with Gasteiger partial charge >= 0.3 is 5.97 Å². The van der Waals surface area contributed by atoms with Crippen LogP contribution in [0, 0.1) is 30.3 Å². The Hall–Kier alpha value is -3.41. The first-order valence-electron chi connectivity index (χ1n) is 14.4. The van der Waals surface area contributed by atoms with E-state index in [0.717, 1.165) is 22.8 Å². The summed E-state index contributed by atoms with van der Waals surface area (Å²) in [7, 11) is 0. The molecule has 242 valence electrons. The number of aliphatic carboxylic acids is 1. The Kier molecular flexibility index (Phi) is 11.0. The predicted molar refractivity (Wildman–Crippen MR) is 164 cm³/mol. The second-order valence-electron chi connectivity index (χ2n) is 11.8. The molecule has 1 saturated heterocycles. The van der Waals surface area contributed by atoms with Gasteiger partial charge in [0, 0.05) is 37.0 Å². The molecule has 0 bridgehead atoms. The molecule has 13 heteroatoms. The zero-order valence-corrected chi connectivity index (χ0v) is 26.4. The minimum Gasteiger partial charge on any atom is -0.481 e. The number of carbonyl (C=O) groups excluding carboxylic acids is 1. The summed E-state index contributed by atoms with van der Waals surface area (Å²) in [5.74, 6) is -4.91. The number of alkyl halides is 1. The van der Waals surface area contributed by atoms with Crippen LogP contribution in [0.4, 0.5) is 17.6 Å². The van der Waals surface area contributed by atoms with E-state index in [1.165, 1.54) is 25.3 Å². The van der Waals surface area contributed by atoms with Crippen molar-refractivity contribution in [2.24, 2.45) is 5.92 Å². The van der Waals surface area contributed by atoms with Gasteiger partial charge in [-0.25, -0.2) is 17.6 Å². The topological polar surface area (TPSA) is 91.6 Å². The molecular weight excluding hydrogens is 637 g/mol. The van der Waals surface area contributed by atoms with Gasteiger partial charge in [0.2, 0.25) is 5.91 Å². The van der Waals surface area contributed by atoms with Gasteiger partial charge in [-0.2, -0.15) is 0 Å².